The van der Waals surface area contributed by atoms with Gasteiger partial charge in [-0.1, -0.05) is 12.5 Å². The second-order valence-electron chi connectivity index (χ2n) is 9.90. The zero-order valence-corrected chi connectivity index (χ0v) is 20.8. The fraction of sp³-hybridized carbons (Fsp3) is 0.200. The van der Waals surface area contributed by atoms with Crippen molar-refractivity contribution in [2.75, 3.05) is 13.1 Å². The van der Waals surface area contributed by atoms with E-state index in [9.17, 15) is 4.39 Å². The molecule has 2 N–H and O–H groups in total. The number of likely N-dealkylation sites (tertiary alicyclic amines) is 1. The van der Waals surface area contributed by atoms with Gasteiger partial charge >= 0.3 is 0 Å². The van der Waals surface area contributed by atoms with Crippen LogP contribution in [0.1, 0.15) is 24.8 Å². The minimum Gasteiger partial charge on any atom is -0.336 e. The highest BCUT2D eigenvalue weighted by Crippen LogP contribution is 2.32. The van der Waals surface area contributed by atoms with Gasteiger partial charge in [-0.3, -0.25) is 20.0 Å². The second kappa shape index (κ2) is 9.46. The Labute approximate surface area is 218 Å². The molecule has 0 unspecified atom stereocenters. The van der Waals surface area contributed by atoms with Crippen LogP contribution in [-0.2, 0) is 6.54 Å². The zero-order chi connectivity index (χ0) is 25.5. The van der Waals surface area contributed by atoms with Crippen LogP contribution in [0.4, 0.5) is 4.39 Å². The Hall–Kier alpha value is -4.43. The van der Waals surface area contributed by atoms with Crippen molar-refractivity contribution in [2.24, 2.45) is 0 Å². The molecule has 7 nitrogen and oxygen atoms in total. The first-order chi connectivity index (χ1) is 18.7. The highest BCUT2D eigenvalue weighted by atomic mass is 19.1. The van der Waals surface area contributed by atoms with Crippen molar-refractivity contribution in [1.82, 2.24) is 35.0 Å². The van der Waals surface area contributed by atoms with E-state index >= 15 is 0 Å². The van der Waals surface area contributed by atoms with E-state index in [0.717, 1.165) is 64.0 Å². The number of hydrogen-bond acceptors (Lipinski definition) is 5. The molecule has 0 spiro atoms. The first kappa shape index (κ1) is 22.7. The van der Waals surface area contributed by atoms with E-state index in [1.54, 1.807) is 18.3 Å². The van der Waals surface area contributed by atoms with Gasteiger partial charge in [-0.2, -0.15) is 5.10 Å². The number of nitrogens with one attached hydrogen (secondary N) is 2. The predicted molar refractivity (Wildman–Crippen MR) is 147 cm³/mol. The minimum absolute atomic E-state index is 0.283. The molecule has 7 rings (SSSR count). The van der Waals surface area contributed by atoms with E-state index in [0.29, 0.717) is 11.5 Å². The second-order valence-corrected chi connectivity index (χ2v) is 9.90. The molecule has 0 radical (unpaired) electrons. The Bertz CT molecular complexity index is 1750. The van der Waals surface area contributed by atoms with Gasteiger partial charge < -0.3 is 4.98 Å². The molecule has 0 bridgehead atoms. The summed E-state index contributed by atoms with van der Waals surface area (Å²) in [6, 6.07) is 16.7. The summed E-state index contributed by atoms with van der Waals surface area (Å²) in [5.41, 5.74) is 8.13. The first-order valence-corrected chi connectivity index (χ1v) is 13.0. The third kappa shape index (κ3) is 4.22. The summed E-state index contributed by atoms with van der Waals surface area (Å²) in [4.78, 5) is 19.9. The summed E-state index contributed by atoms with van der Waals surface area (Å²) in [5, 5.41) is 8.70. The van der Waals surface area contributed by atoms with Crippen molar-refractivity contribution >= 4 is 21.9 Å². The van der Waals surface area contributed by atoms with Crippen molar-refractivity contribution in [1.29, 1.82) is 0 Å². The van der Waals surface area contributed by atoms with Gasteiger partial charge in [0.2, 0.25) is 0 Å². The number of halogens is 1. The molecule has 2 aromatic carbocycles. The summed E-state index contributed by atoms with van der Waals surface area (Å²) in [6.45, 7) is 3.25. The third-order valence-electron chi connectivity index (χ3n) is 7.29. The zero-order valence-electron chi connectivity index (χ0n) is 20.8. The van der Waals surface area contributed by atoms with Crippen molar-refractivity contribution in [3.8, 4) is 33.9 Å². The Morgan fingerprint density at radius 2 is 1.66 bits per heavy atom. The number of fused-ring (bicyclic) bond motifs is 2. The average molecular weight is 504 g/mol. The van der Waals surface area contributed by atoms with Gasteiger partial charge in [0.15, 0.2) is 5.82 Å². The molecule has 4 aromatic heterocycles. The van der Waals surface area contributed by atoms with E-state index in [-0.39, 0.29) is 5.82 Å². The molecular weight excluding hydrogens is 477 g/mol. The smallest absolute Gasteiger partial charge is 0.159 e. The van der Waals surface area contributed by atoms with Crippen LogP contribution < -0.4 is 0 Å². The van der Waals surface area contributed by atoms with Gasteiger partial charge in [0, 0.05) is 41.6 Å². The summed E-state index contributed by atoms with van der Waals surface area (Å²) in [6.07, 6.45) is 9.50. The fourth-order valence-electron chi connectivity index (χ4n) is 5.35. The summed E-state index contributed by atoms with van der Waals surface area (Å²) in [5.74, 6) is 0.367. The van der Waals surface area contributed by atoms with E-state index in [1.807, 2.05) is 24.5 Å². The van der Waals surface area contributed by atoms with Crippen LogP contribution in [0.25, 0.3) is 55.8 Å². The molecule has 1 fully saturated rings. The lowest BCUT2D eigenvalue weighted by Crippen LogP contribution is -2.29. The van der Waals surface area contributed by atoms with Crippen LogP contribution in [-0.4, -0.2) is 48.1 Å². The van der Waals surface area contributed by atoms with Crippen molar-refractivity contribution in [3.05, 3.63) is 84.6 Å². The van der Waals surface area contributed by atoms with Crippen molar-refractivity contribution in [3.63, 3.8) is 0 Å². The van der Waals surface area contributed by atoms with Gasteiger partial charge in [-0.05, 0) is 85.6 Å². The molecule has 5 heterocycles. The maximum atomic E-state index is 13.5. The Morgan fingerprint density at radius 1 is 0.816 bits per heavy atom. The number of aromatic amines is 2. The van der Waals surface area contributed by atoms with E-state index < -0.39 is 0 Å². The van der Waals surface area contributed by atoms with E-state index in [4.69, 9.17) is 4.98 Å². The normalized spacial score (nSPS) is 14.4. The van der Waals surface area contributed by atoms with Gasteiger partial charge in [-0.15, -0.1) is 0 Å². The van der Waals surface area contributed by atoms with Gasteiger partial charge in [0.1, 0.15) is 17.0 Å². The maximum absolute atomic E-state index is 13.5. The number of nitrogens with zero attached hydrogens (tertiary/aromatic N) is 5. The fourth-order valence-corrected chi connectivity index (χ4v) is 5.35. The number of rotatable bonds is 5. The molecule has 188 valence electrons. The number of benzene rings is 2. The Morgan fingerprint density at radius 3 is 2.53 bits per heavy atom. The average Bonchev–Trinajstić information content (AvgIpc) is 3.58. The number of piperidine rings is 1. The Balaban J connectivity index is 1.25. The van der Waals surface area contributed by atoms with Crippen LogP contribution in [0.3, 0.4) is 0 Å². The SMILES string of the molecule is Fc1ccc(-c2nccc3[nH]c(-c4n[nH]c5ccc(-c6cncc(CN7CCCCC7)c6)cc45)nc23)cc1. The molecule has 1 aliphatic rings. The quantitative estimate of drug-likeness (QED) is 0.286. The monoisotopic (exact) mass is 503 g/mol. The van der Waals surface area contributed by atoms with Crippen molar-refractivity contribution in [2.45, 2.75) is 25.8 Å². The molecule has 38 heavy (non-hydrogen) atoms. The summed E-state index contributed by atoms with van der Waals surface area (Å²) < 4.78 is 13.5. The highest BCUT2D eigenvalue weighted by Gasteiger charge is 2.17. The van der Waals surface area contributed by atoms with Crippen LogP contribution in [0.2, 0.25) is 0 Å². The maximum Gasteiger partial charge on any atom is 0.159 e. The third-order valence-corrected chi connectivity index (χ3v) is 7.29. The summed E-state index contributed by atoms with van der Waals surface area (Å²) >= 11 is 0. The number of aromatic nitrogens is 6. The van der Waals surface area contributed by atoms with Crippen LogP contribution in [0.15, 0.2) is 73.2 Å². The number of pyridine rings is 2. The summed E-state index contributed by atoms with van der Waals surface area (Å²) in [7, 11) is 0. The highest BCUT2D eigenvalue weighted by molar-refractivity contribution is 5.97. The molecule has 0 saturated carbocycles. The predicted octanol–water partition coefficient (Wildman–Crippen LogP) is 6.36. The lowest BCUT2D eigenvalue weighted by molar-refractivity contribution is 0.220. The molecule has 8 heteroatoms. The largest absolute Gasteiger partial charge is 0.336 e. The Kier molecular flexibility index (Phi) is 5.66. The van der Waals surface area contributed by atoms with Crippen LogP contribution >= 0.6 is 0 Å². The van der Waals surface area contributed by atoms with Crippen LogP contribution in [0, 0.1) is 5.82 Å². The van der Waals surface area contributed by atoms with Crippen LogP contribution in [0.5, 0.6) is 0 Å². The van der Waals surface area contributed by atoms with E-state index in [2.05, 4.69) is 48.2 Å². The van der Waals surface area contributed by atoms with Gasteiger partial charge in [0.25, 0.3) is 0 Å². The van der Waals surface area contributed by atoms with E-state index in [1.165, 1.54) is 37.0 Å². The molecule has 0 aliphatic carbocycles. The molecule has 0 atom stereocenters. The number of hydrogen-bond donors (Lipinski definition) is 2. The lowest BCUT2D eigenvalue weighted by Gasteiger charge is -2.26. The lowest BCUT2D eigenvalue weighted by atomic mass is 10.0. The van der Waals surface area contributed by atoms with Gasteiger partial charge in [-0.25, -0.2) is 9.37 Å². The first-order valence-electron chi connectivity index (χ1n) is 13.0. The van der Waals surface area contributed by atoms with Gasteiger partial charge in [0.05, 0.1) is 16.7 Å². The molecule has 1 aliphatic heterocycles. The molecule has 6 aromatic rings. The standard InChI is InChI=1S/C30H26FN7/c31-23-7-4-20(5-8-23)27-29-26(10-11-33-27)34-30(35-29)28-24-15-21(6-9-25(24)36-37-28)22-14-19(16-32-17-22)18-38-12-2-1-3-13-38/h4-11,14-17H,1-3,12-13,18H2,(H,34,35)(H,36,37). The number of imidazole rings is 1. The number of H-pyrrole nitrogens is 2. The minimum atomic E-state index is -0.283. The molecule has 1 saturated heterocycles. The molecule has 0 amide bonds. The van der Waals surface area contributed by atoms with Crippen molar-refractivity contribution < 1.29 is 4.39 Å². The molecular formula is C30H26FN7. The topological polar surface area (TPSA) is 86.4 Å².